The summed E-state index contributed by atoms with van der Waals surface area (Å²) in [6.07, 6.45) is 1.30. The molecular weight excluding hydrogens is 211 g/mol. The normalized spacial score (nSPS) is 10.2. The second-order valence-electron chi connectivity index (χ2n) is 3.16. The first-order valence-electron chi connectivity index (χ1n) is 4.71. The van der Waals surface area contributed by atoms with Crippen molar-refractivity contribution >= 4 is 0 Å². The number of hydrogen-bond donors (Lipinski definition) is 0. The van der Waals surface area contributed by atoms with Crippen LogP contribution in [-0.4, -0.2) is 14.2 Å². The number of furan rings is 1. The van der Waals surface area contributed by atoms with Gasteiger partial charge in [-0.1, -0.05) is 0 Å². The lowest BCUT2D eigenvalue weighted by Crippen LogP contribution is -1.90. The predicted octanol–water partition coefficient (Wildman–Crippen LogP) is 3.10. The van der Waals surface area contributed by atoms with Gasteiger partial charge in [-0.15, -0.1) is 0 Å². The van der Waals surface area contributed by atoms with Crippen molar-refractivity contribution < 1.29 is 18.3 Å². The number of rotatable bonds is 3. The van der Waals surface area contributed by atoms with Crippen molar-refractivity contribution in [1.82, 2.24) is 0 Å². The van der Waals surface area contributed by atoms with Gasteiger partial charge in [0, 0.05) is 12.1 Å². The van der Waals surface area contributed by atoms with Crippen LogP contribution in [0.15, 0.2) is 34.9 Å². The molecule has 0 saturated heterocycles. The van der Waals surface area contributed by atoms with Crippen molar-refractivity contribution in [3.05, 3.63) is 36.3 Å². The van der Waals surface area contributed by atoms with Gasteiger partial charge >= 0.3 is 0 Å². The Morgan fingerprint density at radius 2 is 1.94 bits per heavy atom. The van der Waals surface area contributed by atoms with Crippen molar-refractivity contribution in [2.45, 2.75) is 0 Å². The highest BCUT2D eigenvalue weighted by molar-refractivity contribution is 5.67. The summed E-state index contributed by atoms with van der Waals surface area (Å²) in [5.74, 6) is 0.906. The van der Waals surface area contributed by atoms with Gasteiger partial charge in [-0.25, -0.2) is 4.39 Å². The maximum absolute atomic E-state index is 13.4. The summed E-state index contributed by atoms with van der Waals surface area (Å²) in [7, 11) is 3.07. The molecule has 0 unspecified atom stereocenters. The van der Waals surface area contributed by atoms with Crippen molar-refractivity contribution in [1.29, 1.82) is 0 Å². The van der Waals surface area contributed by atoms with E-state index >= 15 is 0 Å². The minimum Gasteiger partial charge on any atom is -0.497 e. The molecule has 16 heavy (non-hydrogen) atoms. The van der Waals surface area contributed by atoms with Crippen LogP contribution in [-0.2, 0) is 0 Å². The van der Waals surface area contributed by atoms with Crippen LogP contribution < -0.4 is 9.47 Å². The zero-order valence-electron chi connectivity index (χ0n) is 8.99. The minimum atomic E-state index is -0.413. The molecule has 0 aliphatic heterocycles. The van der Waals surface area contributed by atoms with Crippen LogP contribution in [0.3, 0.4) is 0 Å². The van der Waals surface area contributed by atoms with Crippen molar-refractivity contribution in [2.24, 2.45) is 0 Å². The van der Waals surface area contributed by atoms with Crippen molar-refractivity contribution in [2.75, 3.05) is 14.2 Å². The van der Waals surface area contributed by atoms with Gasteiger partial charge < -0.3 is 13.9 Å². The lowest BCUT2D eigenvalue weighted by atomic mass is 10.1. The fourth-order valence-electron chi connectivity index (χ4n) is 1.47. The first-order chi connectivity index (χ1) is 7.76. The van der Waals surface area contributed by atoms with E-state index in [9.17, 15) is 4.39 Å². The predicted molar refractivity (Wildman–Crippen MR) is 57.2 cm³/mol. The van der Waals surface area contributed by atoms with Crippen LogP contribution in [0.25, 0.3) is 11.3 Å². The highest BCUT2D eigenvalue weighted by atomic mass is 19.1. The molecular formula is C12H11FO3. The van der Waals surface area contributed by atoms with Crippen LogP contribution in [0.4, 0.5) is 4.39 Å². The van der Waals surface area contributed by atoms with Crippen molar-refractivity contribution in [3.8, 4) is 22.8 Å². The van der Waals surface area contributed by atoms with Crippen LogP contribution in [0.5, 0.6) is 11.5 Å². The molecule has 3 nitrogen and oxygen atoms in total. The molecule has 1 heterocycles. The Morgan fingerprint density at radius 3 is 2.50 bits per heavy atom. The SMILES string of the molecule is COc1ccc(-c2occc2F)c(OC)c1. The smallest absolute Gasteiger partial charge is 0.173 e. The summed E-state index contributed by atoms with van der Waals surface area (Å²) < 4.78 is 28.6. The van der Waals surface area contributed by atoms with Crippen molar-refractivity contribution in [3.63, 3.8) is 0 Å². The molecule has 0 bridgehead atoms. The highest BCUT2D eigenvalue weighted by Crippen LogP contribution is 2.34. The Kier molecular flexibility index (Phi) is 2.81. The van der Waals surface area contributed by atoms with Gasteiger partial charge in [0.2, 0.25) is 0 Å². The molecule has 1 aromatic carbocycles. The third kappa shape index (κ3) is 1.74. The molecule has 0 saturated carbocycles. The van der Waals surface area contributed by atoms with E-state index in [4.69, 9.17) is 13.9 Å². The van der Waals surface area contributed by atoms with E-state index in [1.807, 2.05) is 0 Å². The summed E-state index contributed by atoms with van der Waals surface area (Å²) in [6.45, 7) is 0. The quantitative estimate of drug-likeness (QED) is 0.799. The average Bonchev–Trinajstić information content (AvgIpc) is 2.74. The number of hydrogen-bond acceptors (Lipinski definition) is 3. The highest BCUT2D eigenvalue weighted by Gasteiger charge is 2.14. The molecule has 0 amide bonds. The number of benzene rings is 1. The van der Waals surface area contributed by atoms with Gasteiger partial charge in [0.15, 0.2) is 11.6 Å². The zero-order valence-corrected chi connectivity index (χ0v) is 8.99. The standard InChI is InChI=1S/C12H11FO3/c1-14-8-3-4-9(11(7-8)15-2)12-10(13)5-6-16-12/h3-7H,1-2H3. The summed E-state index contributed by atoms with van der Waals surface area (Å²) in [6, 6.07) is 6.36. The van der Waals surface area contributed by atoms with E-state index < -0.39 is 5.82 Å². The van der Waals surface area contributed by atoms with E-state index in [0.717, 1.165) is 0 Å². The molecule has 0 atom stereocenters. The second-order valence-corrected chi connectivity index (χ2v) is 3.16. The van der Waals surface area contributed by atoms with Crippen LogP contribution >= 0.6 is 0 Å². The summed E-state index contributed by atoms with van der Waals surface area (Å²) >= 11 is 0. The van der Waals surface area contributed by atoms with E-state index in [1.54, 1.807) is 25.3 Å². The van der Waals surface area contributed by atoms with Gasteiger partial charge in [-0.3, -0.25) is 0 Å². The van der Waals surface area contributed by atoms with Gasteiger partial charge in [0.1, 0.15) is 11.5 Å². The molecule has 2 rings (SSSR count). The van der Waals surface area contributed by atoms with Crippen LogP contribution in [0, 0.1) is 5.82 Å². The maximum Gasteiger partial charge on any atom is 0.173 e. The Bertz CT molecular complexity index is 491. The van der Waals surface area contributed by atoms with Crippen LogP contribution in [0.2, 0.25) is 0 Å². The third-order valence-electron chi connectivity index (χ3n) is 2.27. The maximum atomic E-state index is 13.4. The lowest BCUT2D eigenvalue weighted by Gasteiger charge is -2.08. The van der Waals surface area contributed by atoms with E-state index in [1.165, 1.54) is 19.4 Å². The first-order valence-corrected chi connectivity index (χ1v) is 4.71. The van der Waals surface area contributed by atoms with Gasteiger partial charge in [0.25, 0.3) is 0 Å². The molecule has 0 aliphatic carbocycles. The van der Waals surface area contributed by atoms with E-state index in [2.05, 4.69) is 0 Å². The fourth-order valence-corrected chi connectivity index (χ4v) is 1.47. The summed E-state index contributed by atoms with van der Waals surface area (Å²) in [5.41, 5.74) is 0.561. The monoisotopic (exact) mass is 222 g/mol. The van der Waals surface area contributed by atoms with Gasteiger partial charge in [-0.05, 0) is 12.1 Å². The van der Waals surface area contributed by atoms with Gasteiger partial charge in [-0.2, -0.15) is 0 Å². The topological polar surface area (TPSA) is 31.6 Å². The molecule has 84 valence electrons. The molecule has 0 fully saturated rings. The third-order valence-corrected chi connectivity index (χ3v) is 2.27. The van der Waals surface area contributed by atoms with Crippen LogP contribution in [0.1, 0.15) is 0 Å². The summed E-state index contributed by atoms with van der Waals surface area (Å²) in [4.78, 5) is 0. The Labute approximate surface area is 92.4 Å². The molecule has 4 heteroatoms. The van der Waals surface area contributed by atoms with E-state index in [-0.39, 0.29) is 5.76 Å². The van der Waals surface area contributed by atoms with E-state index in [0.29, 0.717) is 17.1 Å². The molecule has 0 spiro atoms. The molecule has 0 N–H and O–H groups in total. The molecule has 1 aromatic heterocycles. The zero-order chi connectivity index (χ0) is 11.5. The molecule has 2 aromatic rings. The molecule has 0 aliphatic rings. The Hall–Kier alpha value is -1.97. The lowest BCUT2D eigenvalue weighted by molar-refractivity contribution is 0.394. The largest absolute Gasteiger partial charge is 0.497 e. The number of methoxy groups -OCH3 is 2. The number of ether oxygens (including phenoxy) is 2. The average molecular weight is 222 g/mol. The Balaban J connectivity index is 2.53. The fraction of sp³-hybridized carbons (Fsp3) is 0.167. The van der Waals surface area contributed by atoms with Gasteiger partial charge in [0.05, 0.1) is 26.0 Å². The minimum absolute atomic E-state index is 0.166. The second kappa shape index (κ2) is 4.26. The first kappa shape index (κ1) is 10.5. The molecule has 0 radical (unpaired) electrons. The Morgan fingerprint density at radius 1 is 1.12 bits per heavy atom. The summed E-state index contributed by atoms with van der Waals surface area (Å²) in [5, 5.41) is 0. The number of halogens is 1.